The van der Waals surface area contributed by atoms with Gasteiger partial charge in [-0.2, -0.15) is 13.2 Å². The van der Waals surface area contributed by atoms with Crippen molar-refractivity contribution in [2.75, 3.05) is 5.01 Å². The number of benzene rings is 1. The Morgan fingerprint density at radius 3 is 2.44 bits per heavy atom. The highest BCUT2D eigenvalue weighted by atomic mass is 19.4. The summed E-state index contributed by atoms with van der Waals surface area (Å²) >= 11 is 0. The van der Waals surface area contributed by atoms with E-state index in [1.165, 1.54) is 18.3 Å². The quantitative estimate of drug-likeness (QED) is 0.325. The molecule has 0 bridgehead atoms. The minimum atomic E-state index is -4.62. The van der Waals surface area contributed by atoms with Gasteiger partial charge in [0.05, 0.1) is 12.1 Å². The molecule has 1 aromatic carbocycles. The van der Waals surface area contributed by atoms with Crippen LogP contribution in [0.2, 0.25) is 0 Å². The highest BCUT2D eigenvalue weighted by Crippen LogP contribution is 2.30. The van der Waals surface area contributed by atoms with Gasteiger partial charge in [0, 0.05) is 18.9 Å². The number of carbonyl (C=O) groups excluding carboxylic acids is 1. The molecular formula is C24H27F3N4O. The lowest BCUT2D eigenvalue weighted by Crippen LogP contribution is -2.37. The first-order chi connectivity index (χ1) is 15.2. The van der Waals surface area contributed by atoms with E-state index in [0.29, 0.717) is 10.6 Å². The summed E-state index contributed by atoms with van der Waals surface area (Å²) in [6, 6.07) is 9.60. The lowest BCUT2D eigenvalue weighted by atomic mass is 10.1. The molecule has 170 valence electrons. The first-order valence-electron chi connectivity index (χ1n) is 10.1. The van der Waals surface area contributed by atoms with Crippen LogP contribution in [0.15, 0.2) is 84.4 Å². The summed E-state index contributed by atoms with van der Waals surface area (Å²) in [7, 11) is 0. The molecule has 0 saturated heterocycles. The molecular weight excluding hydrogens is 417 g/mol. The fraction of sp³-hybridized carbons (Fsp3) is 0.250. The molecule has 0 aliphatic rings. The first kappa shape index (κ1) is 24.9. The predicted molar refractivity (Wildman–Crippen MR) is 120 cm³/mol. The average Bonchev–Trinajstić information content (AvgIpc) is 2.77. The van der Waals surface area contributed by atoms with Crippen molar-refractivity contribution in [2.24, 2.45) is 5.84 Å². The summed E-state index contributed by atoms with van der Waals surface area (Å²) in [5.41, 5.74) is 1.50. The van der Waals surface area contributed by atoms with E-state index in [4.69, 9.17) is 5.84 Å². The number of hydrogen-bond acceptors (Lipinski definition) is 4. The van der Waals surface area contributed by atoms with Crippen LogP contribution in [0.25, 0.3) is 0 Å². The van der Waals surface area contributed by atoms with Gasteiger partial charge in [0.15, 0.2) is 0 Å². The molecule has 0 unspecified atom stereocenters. The number of hydrazine groups is 1. The Morgan fingerprint density at radius 1 is 1.16 bits per heavy atom. The smallest absolute Gasteiger partial charge is 0.352 e. The second-order valence-electron chi connectivity index (χ2n) is 7.01. The fourth-order valence-corrected chi connectivity index (χ4v) is 2.92. The van der Waals surface area contributed by atoms with Gasteiger partial charge in [0.2, 0.25) is 5.91 Å². The van der Waals surface area contributed by atoms with Crippen molar-refractivity contribution in [1.82, 2.24) is 10.3 Å². The Labute approximate surface area is 186 Å². The minimum Gasteiger partial charge on any atom is -0.352 e. The summed E-state index contributed by atoms with van der Waals surface area (Å²) in [6.07, 6.45) is 5.36. The molecule has 1 amide bonds. The molecule has 0 aliphatic carbocycles. The Bertz CT molecular complexity index is 965. The zero-order valence-electron chi connectivity index (χ0n) is 18.1. The maximum atomic E-state index is 13.6. The van der Waals surface area contributed by atoms with E-state index in [1.807, 2.05) is 32.1 Å². The number of halogens is 3. The Kier molecular flexibility index (Phi) is 9.22. The van der Waals surface area contributed by atoms with Crippen molar-refractivity contribution < 1.29 is 18.0 Å². The molecule has 3 N–H and O–H groups in total. The fourth-order valence-electron chi connectivity index (χ4n) is 2.92. The molecule has 0 saturated carbocycles. The molecule has 2 aromatic rings. The molecule has 1 aromatic heterocycles. The molecule has 0 atom stereocenters. The van der Waals surface area contributed by atoms with Crippen LogP contribution in [0, 0.1) is 0 Å². The van der Waals surface area contributed by atoms with Gasteiger partial charge < -0.3 is 5.32 Å². The predicted octanol–water partition coefficient (Wildman–Crippen LogP) is 4.98. The molecule has 0 radical (unpaired) electrons. The normalized spacial score (nSPS) is 12.8. The topological polar surface area (TPSA) is 71.2 Å². The summed E-state index contributed by atoms with van der Waals surface area (Å²) in [6.45, 7) is 4.00. The minimum absolute atomic E-state index is 0.0436. The third-order valence-electron chi connectivity index (χ3n) is 4.62. The highest BCUT2D eigenvalue weighted by molar-refractivity contribution is 5.79. The van der Waals surface area contributed by atoms with Gasteiger partial charge in [-0.05, 0) is 61.2 Å². The molecule has 8 heteroatoms. The summed E-state index contributed by atoms with van der Waals surface area (Å²) in [4.78, 5) is 16.0. The van der Waals surface area contributed by atoms with Gasteiger partial charge in [-0.25, -0.2) is 5.84 Å². The molecule has 1 heterocycles. The van der Waals surface area contributed by atoms with Crippen LogP contribution in [0.4, 0.5) is 18.9 Å². The number of rotatable bonds is 9. The van der Waals surface area contributed by atoms with Crippen LogP contribution in [0.3, 0.4) is 0 Å². The standard InChI is InChI=1S/C24H27F3N4O/c1-3-6-18(4-2)15-23(32)30-17-20-8-11-21(12-9-20)31(28)22(24(25,26)27)13-10-19-7-5-14-29-16-19/h3-9,11-14,16H,10,15,17,28H2,1-2H3,(H,30,32)/b6-3-,18-4+,22-13-. The van der Waals surface area contributed by atoms with Crippen LogP contribution in [-0.2, 0) is 17.8 Å². The zero-order chi connectivity index (χ0) is 23.6. The maximum Gasteiger partial charge on any atom is 0.432 e. The van der Waals surface area contributed by atoms with Gasteiger partial charge in [-0.3, -0.25) is 14.8 Å². The van der Waals surface area contributed by atoms with Crippen molar-refractivity contribution in [3.8, 4) is 0 Å². The number of hydrogen-bond donors (Lipinski definition) is 2. The maximum absolute atomic E-state index is 13.6. The Hall–Kier alpha value is -3.39. The molecule has 32 heavy (non-hydrogen) atoms. The number of nitrogens with zero attached hydrogens (tertiary/aromatic N) is 2. The molecule has 0 spiro atoms. The summed E-state index contributed by atoms with van der Waals surface area (Å²) in [5, 5.41) is 3.42. The first-order valence-corrected chi connectivity index (χ1v) is 10.1. The van der Waals surface area contributed by atoms with E-state index in [-0.39, 0.29) is 31.0 Å². The van der Waals surface area contributed by atoms with Crippen LogP contribution in [-0.4, -0.2) is 17.1 Å². The number of aromatic nitrogens is 1. The van der Waals surface area contributed by atoms with E-state index in [0.717, 1.165) is 17.2 Å². The van der Waals surface area contributed by atoms with Crippen molar-refractivity contribution in [3.05, 3.63) is 95.5 Å². The van der Waals surface area contributed by atoms with Crippen molar-refractivity contribution in [3.63, 3.8) is 0 Å². The number of amides is 1. The van der Waals surface area contributed by atoms with Crippen LogP contribution >= 0.6 is 0 Å². The number of nitrogens with two attached hydrogens (primary N) is 1. The SMILES string of the molecule is C/C=C\C(=C/C)CC(=O)NCc1ccc(N(N)/C(=C\Cc2cccnc2)C(F)(F)F)cc1. The van der Waals surface area contributed by atoms with E-state index in [2.05, 4.69) is 10.3 Å². The van der Waals surface area contributed by atoms with E-state index >= 15 is 0 Å². The monoisotopic (exact) mass is 444 g/mol. The van der Waals surface area contributed by atoms with Gasteiger partial charge in [0.25, 0.3) is 0 Å². The zero-order valence-corrected chi connectivity index (χ0v) is 18.1. The Balaban J connectivity index is 2.05. The van der Waals surface area contributed by atoms with Crippen LogP contribution < -0.4 is 16.2 Å². The lowest BCUT2D eigenvalue weighted by molar-refractivity contribution is -0.120. The molecule has 0 aliphatic heterocycles. The summed E-state index contributed by atoms with van der Waals surface area (Å²) < 4.78 is 40.7. The van der Waals surface area contributed by atoms with E-state index in [1.54, 1.807) is 30.5 Å². The molecule has 2 rings (SSSR count). The van der Waals surface area contributed by atoms with E-state index in [9.17, 15) is 18.0 Å². The Morgan fingerprint density at radius 2 is 1.88 bits per heavy atom. The van der Waals surface area contributed by atoms with Crippen LogP contribution in [0.5, 0.6) is 0 Å². The number of pyridine rings is 1. The van der Waals surface area contributed by atoms with Gasteiger partial charge in [0.1, 0.15) is 5.70 Å². The van der Waals surface area contributed by atoms with E-state index < -0.39 is 11.9 Å². The number of alkyl halides is 3. The molecule has 0 fully saturated rings. The number of carbonyl (C=O) groups is 1. The average molecular weight is 445 g/mol. The van der Waals surface area contributed by atoms with Crippen molar-refractivity contribution >= 4 is 11.6 Å². The van der Waals surface area contributed by atoms with Gasteiger partial charge in [-0.15, -0.1) is 0 Å². The largest absolute Gasteiger partial charge is 0.432 e. The lowest BCUT2D eigenvalue weighted by Gasteiger charge is -2.24. The van der Waals surface area contributed by atoms with Crippen LogP contribution in [0.1, 0.15) is 31.4 Å². The van der Waals surface area contributed by atoms with Gasteiger partial charge in [-0.1, -0.05) is 36.4 Å². The second kappa shape index (κ2) is 11.9. The number of anilines is 1. The second-order valence-corrected chi connectivity index (χ2v) is 7.01. The highest BCUT2D eigenvalue weighted by Gasteiger charge is 2.37. The van der Waals surface area contributed by atoms with Gasteiger partial charge >= 0.3 is 6.18 Å². The third kappa shape index (κ3) is 7.70. The van der Waals surface area contributed by atoms with Crippen molar-refractivity contribution in [2.45, 2.75) is 39.4 Å². The summed E-state index contributed by atoms with van der Waals surface area (Å²) in [5.74, 6) is 5.67. The number of allylic oxidation sites excluding steroid dienone is 5. The van der Waals surface area contributed by atoms with Crippen molar-refractivity contribution in [1.29, 1.82) is 0 Å². The third-order valence-corrected chi connectivity index (χ3v) is 4.62. The number of nitrogens with one attached hydrogen (secondary N) is 1. The molecule has 5 nitrogen and oxygen atoms in total.